The van der Waals surface area contributed by atoms with Crippen LogP contribution in [-0.4, -0.2) is 10.9 Å². The second-order valence-electron chi connectivity index (χ2n) is 3.37. The maximum atomic E-state index is 11.3. The number of hydrogen-bond acceptors (Lipinski definition) is 3. The predicted molar refractivity (Wildman–Crippen MR) is 59.6 cm³/mol. The zero-order chi connectivity index (χ0) is 10.7. The van der Waals surface area contributed by atoms with E-state index in [4.69, 9.17) is 0 Å². The van der Waals surface area contributed by atoms with Gasteiger partial charge in [0.25, 0.3) is 0 Å². The number of aryl methyl sites for hydroxylation is 2. The molecule has 76 valence electrons. The highest BCUT2D eigenvalue weighted by Gasteiger charge is 2.05. The second-order valence-corrected chi connectivity index (χ2v) is 4.57. The molecule has 0 saturated heterocycles. The first-order valence-corrected chi connectivity index (χ1v) is 5.20. The lowest BCUT2D eigenvalue weighted by atomic mass is 10.3. The molecule has 3 nitrogen and oxygen atoms in total. The Bertz CT molecular complexity index is 356. The maximum Gasteiger partial charge on any atom is 0.250 e. The molecule has 0 aliphatic carbocycles. The Hall–Kier alpha value is -1.16. The highest BCUT2D eigenvalue weighted by molar-refractivity contribution is 7.15. The third-order valence-corrected chi connectivity index (χ3v) is 2.67. The molecule has 0 aliphatic rings. The molecule has 0 saturated carbocycles. The largest absolute Gasteiger partial charge is 0.298 e. The molecule has 0 unspecified atom stereocenters. The summed E-state index contributed by atoms with van der Waals surface area (Å²) in [4.78, 5) is 16.7. The fourth-order valence-electron chi connectivity index (χ4n) is 0.930. The van der Waals surface area contributed by atoms with E-state index >= 15 is 0 Å². The first-order chi connectivity index (χ1) is 6.49. The number of aromatic nitrogens is 1. The third kappa shape index (κ3) is 2.96. The first-order valence-electron chi connectivity index (χ1n) is 4.39. The average Bonchev–Trinajstić information content (AvgIpc) is 2.28. The monoisotopic (exact) mass is 210 g/mol. The van der Waals surface area contributed by atoms with Gasteiger partial charge in [0.05, 0.1) is 5.69 Å². The summed E-state index contributed by atoms with van der Waals surface area (Å²) in [6.45, 7) is 7.70. The van der Waals surface area contributed by atoms with Gasteiger partial charge in [-0.05, 0) is 27.7 Å². The van der Waals surface area contributed by atoms with E-state index < -0.39 is 0 Å². The maximum absolute atomic E-state index is 11.3. The number of hydrogen-bond donors (Lipinski definition) is 1. The Morgan fingerprint density at radius 1 is 1.43 bits per heavy atom. The average molecular weight is 210 g/mol. The fraction of sp³-hybridized carbons (Fsp3) is 0.400. The van der Waals surface area contributed by atoms with E-state index in [0.717, 1.165) is 16.1 Å². The van der Waals surface area contributed by atoms with E-state index in [-0.39, 0.29) is 5.91 Å². The van der Waals surface area contributed by atoms with Crippen molar-refractivity contribution in [3.05, 3.63) is 22.2 Å². The molecular formula is C10H14N2OS. The SMILES string of the molecule is CC(C)=CC(=O)Nc1nc(C)c(C)s1. The van der Waals surface area contributed by atoms with Gasteiger partial charge in [-0.25, -0.2) is 4.98 Å². The lowest BCUT2D eigenvalue weighted by molar-refractivity contribution is -0.111. The van der Waals surface area contributed by atoms with Crippen molar-refractivity contribution in [2.75, 3.05) is 5.32 Å². The summed E-state index contributed by atoms with van der Waals surface area (Å²) in [6.07, 6.45) is 1.56. The van der Waals surface area contributed by atoms with Crippen LogP contribution in [0.15, 0.2) is 11.6 Å². The van der Waals surface area contributed by atoms with E-state index in [1.807, 2.05) is 27.7 Å². The van der Waals surface area contributed by atoms with Crippen LogP contribution in [0.5, 0.6) is 0 Å². The van der Waals surface area contributed by atoms with Gasteiger partial charge in [-0.3, -0.25) is 10.1 Å². The molecule has 4 heteroatoms. The molecule has 1 rings (SSSR count). The Labute approximate surface area is 87.9 Å². The van der Waals surface area contributed by atoms with Gasteiger partial charge in [-0.2, -0.15) is 0 Å². The number of rotatable bonds is 2. The van der Waals surface area contributed by atoms with Crippen molar-refractivity contribution in [3.8, 4) is 0 Å². The van der Waals surface area contributed by atoms with E-state index in [0.29, 0.717) is 5.13 Å². The van der Waals surface area contributed by atoms with Crippen molar-refractivity contribution in [2.24, 2.45) is 0 Å². The van der Waals surface area contributed by atoms with Crippen LogP contribution in [0, 0.1) is 13.8 Å². The van der Waals surface area contributed by atoms with E-state index in [9.17, 15) is 4.79 Å². The number of carbonyl (C=O) groups is 1. The lowest BCUT2D eigenvalue weighted by Gasteiger charge is -1.95. The summed E-state index contributed by atoms with van der Waals surface area (Å²) in [5.41, 5.74) is 1.95. The molecule has 1 N–H and O–H groups in total. The highest BCUT2D eigenvalue weighted by Crippen LogP contribution is 2.20. The molecule has 1 aromatic rings. The number of nitrogens with zero attached hydrogens (tertiary/aromatic N) is 1. The summed E-state index contributed by atoms with van der Waals surface area (Å²) >= 11 is 1.50. The molecule has 14 heavy (non-hydrogen) atoms. The van der Waals surface area contributed by atoms with Gasteiger partial charge in [0.1, 0.15) is 0 Å². The molecule has 0 bridgehead atoms. The molecule has 0 radical (unpaired) electrons. The Morgan fingerprint density at radius 2 is 2.07 bits per heavy atom. The Kier molecular flexibility index (Phi) is 3.41. The molecule has 1 heterocycles. The first kappa shape index (κ1) is 10.9. The van der Waals surface area contributed by atoms with E-state index in [2.05, 4.69) is 10.3 Å². The van der Waals surface area contributed by atoms with Crippen LogP contribution in [-0.2, 0) is 4.79 Å². The topological polar surface area (TPSA) is 42.0 Å². The van der Waals surface area contributed by atoms with Crippen molar-refractivity contribution < 1.29 is 4.79 Å². The minimum Gasteiger partial charge on any atom is -0.298 e. The van der Waals surface area contributed by atoms with Gasteiger partial charge in [0, 0.05) is 11.0 Å². The van der Waals surface area contributed by atoms with Gasteiger partial charge >= 0.3 is 0 Å². The number of allylic oxidation sites excluding steroid dienone is 1. The van der Waals surface area contributed by atoms with Crippen molar-refractivity contribution in [1.29, 1.82) is 0 Å². The van der Waals surface area contributed by atoms with Crippen molar-refractivity contribution in [2.45, 2.75) is 27.7 Å². The molecule has 0 fully saturated rings. The molecule has 1 aromatic heterocycles. The molecule has 1 amide bonds. The normalized spacial score (nSPS) is 9.71. The zero-order valence-electron chi connectivity index (χ0n) is 8.84. The van der Waals surface area contributed by atoms with Crippen molar-refractivity contribution in [3.63, 3.8) is 0 Å². The lowest BCUT2D eigenvalue weighted by Crippen LogP contribution is -2.07. The Morgan fingerprint density at radius 3 is 2.50 bits per heavy atom. The summed E-state index contributed by atoms with van der Waals surface area (Å²) in [5.74, 6) is -0.112. The van der Waals surface area contributed by atoms with Crippen molar-refractivity contribution in [1.82, 2.24) is 4.98 Å². The molecule has 0 aliphatic heterocycles. The second kappa shape index (κ2) is 4.37. The van der Waals surface area contributed by atoms with Crippen molar-refractivity contribution >= 4 is 22.4 Å². The molecule has 0 aromatic carbocycles. The van der Waals surface area contributed by atoms with Crippen LogP contribution < -0.4 is 5.32 Å². The standard InChI is InChI=1S/C10H14N2OS/c1-6(2)5-9(13)12-10-11-7(3)8(4)14-10/h5H,1-4H3,(H,11,12,13). The smallest absolute Gasteiger partial charge is 0.250 e. The van der Waals surface area contributed by atoms with E-state index in [1.165, 1.54) is 11.3 Å². The number of amides is 1. The minimum absolute atomic E-state index is 0.112. The van der Waals surface area contributed by atoms with Gasteiger partial charge in [-0.15, -0.1) is 11.3 Å². The Balaban J connectivity index is 2.70. The summed E-state index contributed by atoms with van der Waals surface area (Å²) in [5, 5.41) is 3.40. The number of carbonyl (C=O) groups excluding carboxylic acids is 1. The highest BCUT2D eigenvalue weighted by atomic mass is 32.1. The van der Waals surface area contributed by atoms with Gasteiger partial charge in [0.2, 0.25) is 5.91 Å². The summed E-state index contributed by atoms with van der Waals surface area (Å²) in [6, 6.07) is 0. The van der Waals surface area contributed by atoms with Crippen LogP contribution in [0.1, 0.15) is 24.4 Å². The van der Waals surface area contributed by atoms with Crippen LogP contribution in [0.3, 0.4) is 0 Å². The van der Waals surface area contributed by atoms with Crippen LogP contribution in [0.25, 0.3) is 0 Å². The summed E-state index contributed by atoms with van der Waals surface area (Å²) in [7, 11) is 0. The number of thiazole rings is 1. The van der Waals surface area contributed by atoms with E-state index in [1.54, 1.807) is 6.08 Å². The molecule has 0 atom stereocenters. The molecule has 0 spiro atoms. The zero-order valence-corrected chi connectivity index (χ0v) is 9.66. The number of nitrogens with one attached hydrogen (secondary N) is 1. The fourth-order valence-corrected chi connectivity index (χ4v) is 1.75. The summed E-state index contributed by atoms with van der Waals surface area (Å²) < 4.78 is 0. The van der Waals surface area contributed by atoms with Gasteiger partial charge < -0.3 is 0 Å². The van der Waals surface area contributed by atoms with Crippen LogP contribution in [0.2, 0.25) is 0 Å². The minimum atomic E-state index is -0.112. The van der Waals surface area contributed by atoms with Gasteiger partial charge in [0.15, 0.2) is 5.13 Å². The predicted octanol–water partition coefficient (Wildman–Crippen LogP) is 2.66. The molecular weight excluding hydrogens is 196 g/mol. The van der Waals surface area contributed by atoms with Crippen LogP contribution >= 0.6 is 11.3 Å². The quantitative estimate of drug-likeness (QED) is 0.762. The van der Waals surface area contributed by atoms with Crippen LogP contribution in [0.4, 0.5) is 5.13 Å². The van der Waals surface area contributed by atoms with Gasteiger partial charge in [-0.1, -0.05) is 5.57 Å². The third-order valence-electron chi connectivity index (χ3n) is 1.68. The number of anilines is 1.